The van der Waals surface area contributed by atoms with E-state index in [-0.39, 0.29) is 28.6 Å². The number of hydrogen-bond acceptors (Lipinski definition) is 7. The first-order valence-corrected chi connectivity index (χ1v) is 11.0. The topological polar surface area (TPSA) is 129 Å². The lowest BCUT2D eigenvalue weighted by Crippen LogP contribution is -2.18. The molecule has 0 spiro atoms. The average molecular weight is 494 g/mol. The van der Waals surface area contributed by atoms with Crippen molar-refractivity contribution in [3.8, 4) is 5.82 Å². The van der Waals surface area contributed by atoms with Crippen molar-refractivity contribution in [1.29, 1.82) is 0 Å². The van der Waals surface area contributed by atoms with E-state index < -0.39 is 22.5 Å². The van der Waals surface area contributed by atoms with Gasteiger partial charge in [-0.05, 0) is 50.1 Å². The fourth-order valence-electron chi connectivity index (χ4n) is 3.63. The van der Waals surface area contributed by atoms with Crippen molar-refractivity contribution in [2.75, 3.05) is 11.9 Å². The third kappa shape index (κ3) is 4.56. The van der Waals surface area contributed by atoms with E-state index in [1.165, 1.54) is 23.0 Å². The molecule has 0 saturated carbocycles. The van der Waals surface area contributed by atoms with E-state index in [9.17, 15) is 19.7 Å². The molecule has 2 heterocycles. The molecule has 0 radical (unpaired) electrons. The highest BCUT2D eigenvalue weighted by Gasteiger charge is 2.24. The molecule has 1 amide bonds. The van der Waals surface area contributed by atoms with Crippen molar-refractivity contribution in [3.63, 3.8) is 0 Å². The van der Waals surface area contributed by atoms with Crippen LogP contribution in [-0.2, 0) is 4.74 Å². The fraction of sp³-hybridized carbons (Fsp3) is 0.167. The molecule has 1 N–H and O–H groups in total. The van der Waals surface area contributed by atoms with Crippen molar-refractivity contribution < 1.29 is 19.2 Å². The second-order valence-electron chi connectivity index (χ2n) is 7.68. The van der Waals surface area contributed by atoms with E-state index in [0.717, 1.165) is 28.1 Å². The summed E-state index contributed by atoms with van der Waals surface area (Å²) in [6.07, 6.45) is 1.27. The molecule has 0 aliphatic rings. The zero-order chi connectivity index (χ0) is 25.3. The molecule has 11 heteroatoms. The van der Waals surface area contributed by atoms with Gasteiger partial charge in [0.25, 0.3) is 11.6 Å². The van der Waals surface area contributed by atoms with Gasteiger partial charge in [0.05, 0.1) is 23.2 Å². The number of hydrogen-bond donors (Lipinski definition) is 1. The predicted octanol–water partition coefficient (Wildman–Crippen LogP) is 5.03. The lowest BCUT2D eigenvalue weighted by molar-refractivity contribution is -0.384. The Bertz CT molecular complexity index is 1500. The number of amides is 1. The maximum Gasteiger partial charge on any atom is 0.343 e. The molecule has 4 rings (SSSR count). The number of nitrogens with zero attached hydrogens (tertiary/aromatic N) is 4. The summed E-state index contributed by atoms with van der Waals surface area (Å²) in [5, 5.41) is 19.0. The number of nitro benzene ring substituents is 1. The van der Waals surface area contributed by atoms with E-state index in [2.05, 4.69) is 10.4 Å². The number of aromatic nitrogens is 3. The molecule has 0 aliphatic heterocycles. The summed E-state index contributed by atoms with van der Waals surface area (Å²) in [5.74, 6) is -1.00. The lowest BCUT2D eigenvalue weighted by Gasteiger charge is -2.13. The maximum atomic E-state index is 13.1. The van der Waals surface area contributed by atoms with Gasteiger partial charge < -0.3 is 10.1 Å². The Balaban J connectivity index is 1.83. The van der Waals surface area contributed by atoms with Crippen molar-refractivity contribution in [3.05, 3.63) is 86.1 Å². The highest BCUT2D eigenvalue weighted by molar-refractivity contribution is 6.32. The quantitative estimate of drug-likeness (QED) is 0.226. The van der Waals surface area contributed by atoms with Crippen LogP contribution in [0, 0.1) is 24.0 Å². The monoisotopic (exact) mass is 493 g/mol. The molecule has 2 aromatic heterocycles. The Morgan fingerprint density at radius 3 is 2.66 bits per heavy atom. The summed E-state index contributed by atoms with van der Waals surface area (Å²) in [6.45, 7) is 5.63. The Morgan fingerprint density at radius 2 is 1.94 bits per heavy atom. The maximum absolute atomic E-state index is 13.1. The number of nitro groups is 1. The molecule has 4 aromatic rings. The standard InChI is InChI=1S/C24H20ClN5O5/c1-4-35-24(32)17-12-26-29(20-10-14(3)16-7-5-6-13(2)21(16)27-20)22(17)28-23(31)15-8-9-18(25)19(11-15)30(33)34/h5-12H,4H2,1-3H3,(H,28,31). The normalized spacial score (nSPS) is 10.9. The Kier molecular flexibility index (Phi) is 6.48. The number of pyridine rings is 1. The van der Waals surface area contributed by atoms with Crippen LogP contribution in [0.1, 0.15) is 38.8 Å². The minimum Gasteiger partial charge on any atom is -0.462 e. The number of rotatable bonds is 6. The minimum absolute atomic E-state index is 0.00740. The second kappa shape index (κ2) is 9.51. The number of esters is 1. The predicted molar refractivity (Wildman–Crippen MR) is 130 cm³/mol. The van der Waals surface area contributed by atoms with Crippen molar-refractivity contribution in [2.24, 2.45) is 0 Å². The molecule has 0 bridgehead atoms. The summed E-state index contributed by atoms with van der Waals surface area (Å²) < 4.78 is 6.44. The van der Waals surface area contributed by atoms with Crippen LogP contribution in [0.15, 0.2) is 48.7 Å². The number of para-hydroxylation sites is 1. The van der Waals surface area contributed by atoms with Gasteiger partial charge in [-0.1, -0.05) is 29.8 Å². The van der Waals surface area contributed by atoms with Crippen LogP contribution >= 0.6 is 11.6 Å². The number of aryl methyl sites for hydroxylation is 2. The first-order valence-electron chi connectivity index (χ1n) is 10.6. The van der Waals surface area contributed by atoms with Gasteiger partial charge in [-0.25, -0.2) is 9.78 Å². The van der Waals surface area contributed by atoms with Crippen molar-refractivity contribution >= 4 is 45.9 Å². The molecule has 0 unspecified atom stereocenters. The van der Waals surface area contributed by atoms with E-state index in [4.69, 9.17) is 21.3 Å². The first kappa shape index (κ1) is 23.8. The van der Waals surface area contributed by atoms with Gasteiger partial charge in [-0.3, -0.25) is 14.9 Å². The van der Waals surface area contributed by atoms with E-state index in [0.29, 0.717) is 5.82 Å². The van der Waals surface area contributed by atoms with Gasteiger partial charge in [0, 0.05) is 17.0 Å². The van der Waals surface area contributed by atoms with Crippen molar-refractivity contribution in [1.82, 2.24) is 14.8 Å². The smallest absolute Gasteiger partial charge is 0.343 e. The molecule has 2 aromatic carbocycles. The molecule has 0 saturated heterocycles. The summed E-state index contributed by atoms with van der Waals surface area (Å²) in [7, 11) is 0. The number of anilines is 1. The van der Waals surface area contributed by atoms with Crippen LogP contribution in [0.25, 0.3) is 16.7 Å². The number of ether oxygens (including phenoxy) is 1. The number of fused-ring (bicyclic) bond motifs is 1. The number of halogens is 1. The number of benzene rings is 2. The average Bonchev–Trinajstić information content (AvgIpc) is 3.23. The zero-order valence-corrected chi connectivity index (χ0v) is 19.8. The number of carbonyl (C=O) groups excluding carboxylic acids is 2. The first-order chi connectivity index (χ1) is 16.7. The summed E-state index contributed by atoms with van der Waals surface area (Å²) in [6, 6.07) is 11.3. The van der Waals surface area contributed by atoms with Gasteiger partial charge in [-0.15, -0.1) is 0 Å². The Morgan fingerprint density at radius 1 is 1.17 bits per heavy atom. The van der Waals surface area contributed by atoms with Crippen LogP contribution in [0.2, 0.25) is 5.02 Å². The molecule has 0 aliphatic carbocycles. The van der Waals surface area contributed by atoms with Gasteiger partial charge in [0.15, 0.2) is 11.6 Å². The molecular formula is C24H20ClN5O5. The molecule has 0 atom stereocenters. The van der Waals surface area contributed by atoms with Crippen LogP contribution in [0.5, 0.6) is 0 Å². The molecular weight excluding hydrogens is 474 g/mol. The van der Waals surface area contributed by atoms with Gasteiger partial charge >= 0.3 is 5.97 Å². The Hall–Kier alpha value is -4.31. The largest absolute Gasteiger partial charge is 0.462 e. The van der Waals surface area contributed by atoms with Gasteiger partial charge in [0.1, 0.15) is 10.6 Å². The molecule has 0 fully saturated rings. The zero-order valence-electron chi connectivity index (χ0n) is 19.0. The lowest BCUT2D eigenvalue weighted by atomic mass is 10.1. The minimum atomic E-state index is -0.703. The molecule has 10 nitrogen and oxygen atoms in total. The highest BCUT2D eigenvalue weighted by atomic mass is 35.5. The SMILES string of the molecule is CCOC(=O)c1cnn(-c2cc(C)c3cccc(C)c3n2)c1NC(=O)c1ccc(Cl)c([N+](=O)[O-])c1. The number of carbonyl (C=O) groups is 2. The second-order valence-corrected chi connectivity index (χ2v) is 8.09. The van der Waals surface area contributed by atoms with E-state index in [1.807, 2.05) is 32.0 Å². The van der Waals surface area contributed by atoms with Gasteiger partial charge in [0.2, 0.25) is 0 Å². The van der Waals surface area contributed by atoms with E-state index >= 15 is 0 Å². The highest BCUT2D eigenvalue weighted by Crippen LogP contribution is 2.28. The summed E-state index contributed by atoms with van der Waals surface area (Å²) in [5.41, 5.74) is 2.19. The summed E-state index contributed by atoms with van der Waals surface area (Å²) in [4.78, 5) is 40.9. The summed E-state index contributed by atoms with van der Waals surface area (Å²) >= 11 is 5.86. The number of nitrogens with one attached hydrogen (secondary N) is 1. The van der Waals surface area contributed by atoms with Crippen LogP contribution in [0.3, 0.4) is 0 Å². The van der Waals surface area contributed by atoms with E-state index in [1.54, 1.807) is 13.0 Å². The van der Waals surface area contributed by atoms with Crippen LogP contribution in [-0.4, -0.2) is 38.2 Å². The van der Waals surface area contributed by atoms with Crippen molar-refractivity contribution in [2.45, 2.75) is 20.8 Å². The Labute approximate surface area is 204 Å². The van der Waals surface area contributed by atoms with Gasteiger partial charge in [-0.2, -0.15) is 9.78 Å². The third-order valence-electron chi connectivity index (χ3n) is 5.35. The molecule has 178 valence electrons. The van der Waals surface area contributed by atoms with Crippen LogP contribution < -0.4 is 5.32 Å². The van der Waals surface area contributed by atoms with Crippen LogP contribution in [0.4, 0.5) is 11.5 Å². The molecule has 35 heavy (non-hydrogen) atoms. The third-order valence-corrected chi connectivity index (χ3v) is 5.67. The fourth-order valence-corrected chi connectivity index (χ4v) is 3.81.